The molecule has 5 heteroatoms. The summed E-state index contributed by atoms with van der Waals surface area (Å²) in [5.41, 5.74) is 3.80. The van der Waals surface area contributed by atoms with E-state index in [-0.39, 0.29) is 0 Å². The molecule has 1 fully saturated rings. The number of likely N-dealkylation sites (tertiary alicyclic amines) is 1. The molecule has 4 rings (SSSR count). The van der Waals surface area contributed by atoms with Gasteiger partial charge in [-0.3, -0.25) is 4.90 Å². The van der Waals surface area contributed by atoms with Crippen LogP contribution in [0.3, 0.4) is 0 Å². The van der Waals surface area contributed by atoms with E-state index in [9.17, 15) is 0 Å². The molecule has 146 valence electrons. The Morgan fingerprint density at radius 1 is 1.21 bits per heavy atom. The van der Waals surface area contributed by atoms with Gasteiger partial charge >= 0.3 is 0 Å². The van der Waals surface area contributed by atoms with E-state index in [1.54, 1.807) is 6.33 Å². The van der Waals surface area contributed by atoms with E-state index in [1.807, 2.05) is 30.5 Å². The molecule has 0 atom stereocenters. The second kappa shape index (κ2) is 8.82. The molecule has 3 heterocycles. The van der Waals surface area contributed by atoms with Crippen molar-refractivity contribution >= 4 is 22.5 Å². The van der Waals surface area contributed by atoms with Gasteiger partial charge in [-0.15, -0.1) is 18.8 Å². The number of H-pyrrole nitrogens is 1. The van der Waals surface area contributed by atoms with Crippen LogP contribution in [0.15, 0.2) is 36.8 Å². The highest BCUT2D eigenvalue weighted by Gasteiger charge is 2.20. The highest BCUT2D eigenvalue weighted by molar-refractivity contribution is 5.92. The SMILES string of the molecule is C#CCCC1CCN(Cc2c[nH]c3ncnc(Nc4cccc(C#C)c4)c23)CC1. The lowest BCUT2D eigenvalue weighted by atomic mass is 9.92. The zero-order chi connectivity index (χ0) is 20.1. The van der Waals surface area contributed by atoms with E-state index in [0.29, 0.717) is 0 Å². The van der Waals surface area contributed by atoms with Crippen molar-refractivity contribution in [2.24, 2.45) is 5.92 Å². The summed E-state index contributed by atoms with van der Waals surface area (Å²) in [6.45, 7) is 3.08. The number of anilines is 2. The van der Waals surface area contributed by atoms with Gasteiger partial charge in [0.1, 0.15) is 17.8 Å². The van der Waals surface area contributed by atoms with E-state index in [4.69, 9.17) is 12.8 Å². The van der Waals surface area contributed by atoms with Gasteiger partial charge in [0.25, 0.3) is 0 Å². The first kappa shape index (κ1) is 19.1. The molecule has 1 aliphatic heterocycles. The number of hydrogen-bond donors (Lipinski definition) is 2. The molecule has 0 unspecified atom stereocenters. The van der Waals surface area contributed by atoms with E-state index in [1.165, 1.54) is 18.4 Å². The summed E-state index contributed by atoms with van der Waals surface area (Å²) in [5, 5.41) is 4.45. The van der Waals surface area contributed by atoms with Gasteiger partial charge in [-0.1, -0.05) is 12.0 Å². The fourth-order valence-corrected chi connectivity index (χ4v) is 4.03. The van der Waals surface area contributed by atoms with Crippen molar-refractivity contribution in [3.05, 3.63) is 47.9 Å². The third-order valence-corrected chi connectivity index (χ3v) is 5.64. The van der Waals surface area contributed by atoms with Crippen molar-refractivity contribution in [1.29, 1.82) is 0 Å². The number of fused-ring (bicyclic) bond motifs is 1. The molecule has 5 nitrogen and oxygen atoms in total. The molecule has 2 N–H and O–H groups in total. The highest BCUT2D eigenvalue weighted by Crippen LogP contribution is 2.29. The van der Waals surface area contributed by atoms with E-state index in [0.717, 1.165) is 66.5 Å². The molecule has 1 aliphatic rings. The Morgan fingerprint density at radius 3 is 2.86 bits per heavy atom. The minimum Gasteiger partial charge on any atom is -0.346 e. The zero-order valence-electron chi connectivity index (χ0n) is 16.5. The molecule has 0 radical (unpaired) electrons. The highest BCUT2D eigenvalue weighted by atomic mass is 15.1. The van der Waals surface area contributed by atoms with Crippen LogP contribution in [0, 0.1) is 30.6 Å². The summed E-state index contributed by atoms with van der Waals surface area (Å²) in [4.78, 5) is 14.7. The zero-order valence-corrected chi connectivity index (χ0v) is 16.5. The number of benzene rings is 1. The molecule has 0 bridgehead atoms. The predicted molar refractivity (Wildman–Crippen MR) is 118 cm³/mol. The molecule has 1 saturated heterocycles. The number of aromatic nitrogens is 3. The minimum absolute atomic E-state index is 0.759. The van der Waals surface area contributed by atoms with Crippen molar-refractivity contribution in [2.45, 2.75) is 32.2 Å². The van der Waals surface area contributed by atoms with Crippen LogP contribution in [0.1, 0.15) is 36.8 Å². The average Bonchev–Trinajstić information content (AvgIpc) is 3.17. The topological polar surface area (TPSA) is 56.8 Å². The van der Waals surface area contributed by atoms with Crippen LogP contribution in [-0.4, -0.2) is 32.9 Å². The molecule has 0 aliphatic carbocycles. The Bertz CT molecular complexity index is 1060. The van der Waals surface area contributed by atoms with Crippen molar-refractivity contribution < 1.29 is 0 Å². The quantitative estimate of drug-likeness (QED) is 0.623. The Labute approximate surface area is 172 Å². The van der Waals surface area contributed by atoms with E-state index in [2.05, 4.69) is 37.0 Å². The first-order chi connectivity index (χ1) is 14.3. The number of hydrogen-bond acceptors (Lipinski definition) is 4. The standard InChI is InChI=1S/C24H25N5/c1-3-5-7-19-10-12-29(13-11-19)16-20-15-25-23-22(20)24(27-17-26-23)28-21-9-6-8-18(4-2)14-21/h1-2,6,8-9,14-15,17,19H,5,7,10-13,16H2,(H2,25,26,27,28). The molecule has 29 heavy (non-hydrogen) atoms. The number of rotatable bonds is 6. The number of piperidine rings is 1. The summed E-state index contributed by atoms with van der Waals surface area (Å²) in [7, 11) is 0. The molecular formula is C24H25N5. The Hall–Kier alpha value is -3.28. The lowest BCUT2D eigenvalue weighted by Gasteiger charge is -2.31. The van der Waals surface area contributed by atoms with Crippen LogP contribution in [-0.2, 0) is 6.54 Å². The number of terminal acetylenes is 2. The molecule has 2 aromatic heterocycles. The van der Waals surface area contributed by atoms with Gasteiger partial charge in [0, 0.05) is 30.4 Å². The first-order valence-electron chi connectivity index (χ1n) is 10.1. The third kappa shape index (κ3) is 4.42. The Morgan fingerprint density at radius 2 is 2.07 bits per heavy atom. The second-order valence-corrected chi connectivity index (χ2v) is 7.57. The maximum Gasteiger partial charge on any atom is 0.143 e. The summed E-state index contributed by atoms with van der Waals surface area (Å²) < 4.78 is 0. The maximum absolute atomic E-state index is 5.53. The van der Waals surface area contributed by atoms with Crippen LogP contribution >= 0.6 is 0 Å². The molecule has 0 spiro atoms. The van der Waals surface area contributed by atoms with Crippen LogP contribution < -0.4 is 5.32 Å². The number of nitrogens with one attached hydrogen (secondary N) is 2. The van der Waals surface area contributed by atoms with Gasteiger partial charge < -0.3 is 10.3 Å². The van der Waals surface area contributed by atoms with Crippen LogP contribution in [0.2, 0.25) is 0 Å². The van der Waals surface area contributed by atoms with Gasteiger partial charge in [-0.25, -0.2) is 9.97 Å². The largest absolute Gasteiger partial charge is 0.346 e. The maximum atomic E-state index is 5.53. The number of nitrogens with zero attached hydrogens (tertiary/aromatic N) is 3. The summed E-state index contributed by atoms with van der Waals surface area (Å²) >= 11 is 0. The normalized spacial score (nSPS) is 15.1. The number of aromatic amines is 1. The van der Waals surface area contributed by atoms with E-state index >= 15 is 0 Å². The smallest absolute Gasteiger partial charge is 0.143 e. The molecule has 3 aromatic rings. The van der Waals surface area contributed by atoms with Crippen LogP contribution in [0.25, 0.3) is 11.0 Å². The van der Waals surface area contributed by atoms with E-state index < -0.39 is 0 Å². The van der Waals surface area contributed by atoms with Crippen LogP contribution in [0.5, 0.6) is 0 Å². The lowest BCUT2D eigenvalue weighted by molar-refractivity contribution is 0.173. The monoisotopic (exact) mass is 383 g/mol. The van der Waals surface area contributed by atoms with Gasteiger partial charge in [-0.2, -0.15) is 0 Å². The van der Waals surface area contributed by atoms with Gasteiger partial charge in [-0.05, 0) is 62.0 Å². The Kier molecular flexibility index (Phi) is 5.79. The Balaban J connectivity index is 1.51. The fraction of sp³-hybridized carbons (Fsp3) is 0.333. The molecule has 1 aromatic carbocycles. The third-order valence-electron chi connectivity index (χ3n) is 5.64. The van der Waals surface area contributed by atoms with Crippen molar-refractivity contribution in [3.8, 4) is 24.7 Å². The van der Waals surface area contributed by atoms with Crippen molar-refractivity contribution in [2.75, 3.05) is 18.4 Å². The van der Waals surface area contributed by atoms with Gasteiger partial charge in [0.05, 0.1) is 5.39 Å². The minimum atomic E-state index is 0.759. The molecular weight excluding hydrogens is 358 g/mol. The lowest BCUT2D eigenvalue weighted by Crippen LogP contribution is -2.33. The summed E-state index contributed by atoms with van der Waals surface area (Å²) in [6, 6.07) is 7.79. The predicted octanol–water partition coefficient (Wildman–Crippen LogP) is 4.31. The van der Waals surface area contributed by atoms with Gasteiger partial charge in [0.2, 0.25) is 0 Å². The second-order valence-electron chi connectivity index (χ2n) is 7.57. The van der Waals surface area contributed by atoms with Crippen molar-refractivity contribution in [1.82, 2.24) is 19.9 Å². The van der Waals surface area contributed by atoms with Gasteiger partial charge in [0.15, 0.2) is 0 Å². The summed E-state index contributed by atoms with van der Waals surface area (Å²) in [5.74, 6) is 6.99. The van der Waals surface area contributed by atoms with Crippen molar-refractivity contribution in [3.63, 3.8) is 0 Å². The fourth-order valence-electron chi connectivity index (χ4n) is 4.03. The van der Waals surface area contributed by atoms with Crippen LogP contribution in [0.4, 0.5) is 11.5 Å². The first-order valence-corrected chi connectivity index (χ1v) is 10.1. The molecule has 0 amide bonds. The molecule has 0 saturated carbocycles. The summed E-state index contributed by atoms with van der Waals surface area (Å²) in [6.07, 6.45) is 19.0. The average molecular weight is 383 g/mol.